The molecule has 32 heavy (non-hydrogen) atoms. The number of hydrogen-bond acceptors (Lipinski definition) is 5. The molecule has 0 aliphatic carbocycles. The number of rotatable bonds is 9. The fraction of sp³-hybridized carbons (Fsp3) is 0.375. The summed E-state index contributed by atoms with van der Waals surface area (Å²) in [4.78, 5) is 4.72. The first-order valence-corrected chi connectivity index (χ1v) is 12.2. The highest BCUT2D eigenvalue weighted by atomic mass is 32.2. The summed E-state index contributed by atoms with van der Waals surface area (Å²) in [6.07, 6.45) is 5.31. The van der Waals surface area contributed by atoms with Crippen LogP contribution in [-0.4, -0.2) is 48.6 Å². The first-order valence-electron chi connectivity index (χ1n) is 10.8. The molecule has 0 bridgehead atoms. The van der Waals surface area contributed by atoms with Crippen molar-refractivity contribution in [1.82, 2.24) is 13.9 Å². The highest BCUT2D eigenvalue weighted by molar-refractivity contribution is 7.89. The number of methoxy groups -OCH3 is 1. The smallest absolute Gasteiger partial charge is 0.243 e. The zero-order chi connectivity index (χ0) is 22.6. The topological polar surface area (TPSA) is 73.7 Å². The fourth-order valence-corrected chi connectivity index (χ4v) is 5.35. The Bertz CT molecular complexity index is 1140. The second-order valence-electron chi connectivity index (χ2n) is 8.01. The number of nitrogens with zero attached hydrogens (tertiary/aromatic N) is 3. The maximum atomic E-state index is 13.6. The Hall–Kier alpha value is -2.68. The van der Waals surface area contributed by atoms with Crippen LogP contribution in [0.15, 0.2) is 65.8 Å². The number of hydrogen-bond donors (Lipinski definition) is 0. The Morgan fingerprint density at radius 3 is 2.66 bits per heavy atom. The van der Waals surface area contributed by atoms with Crippen molar-refractivity contribution in [2.24, 2.45) is 0 Å². The second-order valence-corrected chi connectivity index (χ2v) is 9.94. The molecule has 0 amide bonds. The van der Waals surface area contributed by atoms with Gasteiger partial charge in [-0.3, -0.25) is 0 Å². The molecule has 1 saturated heterocycles. The van der Waals surface area contributed by atoms with Gasteiger partial charge in [0.2, 0.25) is 10.0 Å². The molecule has 0 radical (unpaired) electrons. The molecule has 3 aromatic rings. The molecule has 1 aliphatic heterocycles. The van der Waals surface area contributed by atoms with E-state index in [1.165, 1.54) is 15.4 Å². The zero-order valence-corrected chi connectivity index (χ0v) is 19.3. The van der Waals surface area contributed by atoms with Crippen LogP contribution in [0.2, 0.25) is 0 Å². The summed E-state index contributed by atoms with van der Waals surface area (Å²) in [5, 5.41) is 0. The molecule has 1 aliphatic rings. The van der Waals surface area contributed by atoms with E-state index in [1.54, 1.807) is 37.6 Å². The maximum absolute atomic E-state index is 13.6. The van der Waals surface area contributed by atoms with Gasteiger partial charge >= 0.3 is 0 Å². The first kappa shape index (κ1) is 22.5. The number of aryl methyl sites for hydroxylation is 1. The molecule has 1 aromatic heterocycles. The number of benzene rings is 2. The molecule has 1 atom stereocenters. The van der Waals surface area contributed by atoms with Crippen LogP contribution in [0.1, 0.15) is 29.8 Å². The molecule has 2 aromatic carbocycles. The van der Waals surface area contributed by atoms with Gasteiger partial charge in [0.25, 0.3) is 0 Å². The van der Waals surface area contributed by atoms with Crippen LogP contribution in [0.4, 0.5) is 0 Å². The van der Waals surface area contributed by atoms with E-state index in [2.05, 4.69) is 24.0 Å². The second kappa shape index (κ2) is 9.85. The van der Waals surface area contributed by atoms with Gasteiger partial charge in [-0.1, -0.05) is 24.3 Å². The zero-order valence-electron chi connectivity index (χ0n) is 18.5. The van der Waals surface area contributed by atoms with Gasteiger partial charge < -0.3 is 14.0 Å². The van der Waals surface area contributed by atoms with Crippen molar-refractivity contribution < 1.29 is 17.9 Å². The van der Waals surface area contributed by atoms with Crippen molar-refractivity contribution in [3.05, 3.63) is 77.9 Å². The third-order valence-corrected chi connectivity index (χ3v) is 7.68. The molecule has 0 saturated carbocycles. The predicted octanol–water partition coefficient (Wildman–Crippen LogP) is 3.62. The lowest BCUT2D eigenvalue weighted by atomic mass is 10.1. The third kappa shape index (κ3) is 5.03. The van der Waals surface area contributed by atoms with Gasteiger partial charge in [0.05, 0.1) is 24.7 Å². The lowest BCUT2D eigenvalue weighted by Crippen LogP contribution is -2.37. The van der Waals surface area contributed by atoms with Gasteiger partial charge in [-0.05, 0) is 55.2 Å². The van der Waals surface area contributed by atoms with Crippen LogP contribution in [-0.2, 0) is 27.8 Å². The van der Waals surface area contributed by atoms with E-state index < -0.39 is 10.0 Å². The first-order chi connectivity index (χ1) is 15.5. The molecular formula is C24H29N3O4S. The molecule has 4 rings (SSSR count). The Balaban J connectivity index is 1.61. The van der Waals surface area contributed by atoms with E-state index in [1.807, 2.05) is 22.9 Å². The van der Waals surface area contributed by atoms with E-state index >= 15 is 0 Å². The average molecular weight is 456 g/mol. The molecule has 2 heterocycles. The highest BCUT2D eigenvalue weighted by Crippen LogP contribution is 2.24. The normalized spacial score (nSPS) is 16.5. The van der Waals surface area contributed by atoms with E-state index in [-0.39, 0.29) is 17.5 Å². The van der Waals surface area contributed by atoms with Crippen LogP contribution >= 0.6 is 0 Å². The van der Waals surface area contributed by atoms with Gasteiger partial charge in [0.1, 0.15) is 11.6 Å². The molecular weight excluding hydrogens is 426 g/mol. The molecule has 7 nitrogen and oxygen atoms in total. The summed E-state index contributed by atoms with van der Waals surface area (Å²) in [6.45, 7) is 3.85. The van der Waals surface area contributed by atoms with Gasteiger partial charge in [-0.2, -0.15) is 4.31 Å². The quantitative estimate of drug-likeness (QED) is 0.493. The van der Waals surface area contributed by atoms with Gasteiger partial charge in [0.15, 0.2) is 0 Å². The Morgan fingerprint density at radius 1 is 1.19 bits per heavy atom. The molecule has 0 spiro atoms. The summed E-state index contributed by atoms with van der Waals surface area (Å²) in [5.41, 5.74) is 2.37. The van der Waals surface area contributed by atoms with E-state index in [9.17, 15) is 8.42 Å². The van der Waals surface area contributed by atoms with Crippen molar-refractivity contribution in [1.29, 1.82) is 0 Å². The number of sulfonamides is 1. The van der Waals surface area contributed by atoms with Crippen LogP contribution in [0.5, 0.6) is 5.75 Å². The lowest BCUT2D eigenvalue weighted by Gasteiger charge is -2.25. The minimum absolute atomic E-state index is 0.109. The predicted molar refractivity (Wildman–Crippen MR) is 122 cm³/mol. The van der Waals surface area contributed by atoms with Gasteiger partial charge in [-0.25, -0.2) is 13.4 Å². The van der Waals surface area contributed by atoms with Crippen molar-refractivity contribution in [2.75, 3.05) is 20.3 Å². The summed E-state index contributed by atoms with van der Waals surface area (Å²) < 4.78 is 41.6. The third-order valence-electron chi connectivity index (χ3n) is 5.85. The minimum Gasteiger partial charge on any atom is -0.497 e. The van der Waals surface area contributed by atoms with Crippen molar-refractivity contribution in [3.63, 3.8) is 0 Å². The van der Waals surface area contributed by atoms with Crippen LogP contribution in [0, 0.1) is 6.92 Å². The molecule has 8 heteroatoms. The summed E-state index contributed by atoms with van der Waals surface area (Å²) >= 11 is 0. The summed E-state index contributed by atoms with van der Waals surface area (Å²) in [5.74, 6) is 1.31. The van der Waals surface area contributed by atoms with Gasteiger partial charge in [0, 0.05) is 32.1 Å². The van der Waals surface area contributed by atoms with Crippen molar-refractivity contribution in [2.45, 2.75) is 43.9 Å². The minimum atomic E-state index is -3.74. The summed E-state index contributed by atoms with van der Waals surface area (Å²) in [7, 11) is -2.19. The highest BCUT2D eigenvalue weighted by Gasteiger charge is 2.30. The van der Waals surface area contributed by atoms with E-state index in [4.69, 9.17) is 9.47 Å². The van der Waals surface area contributed by atoms with Crippen molar-refractivity contribution in [3.8, 4) is 5.75 Å². The number of aromatic nitrogens is 2. The molecule has 170 valence electrons. The van der Waals surface area contributed by atoms with Crippen LogP contribution in [0.25, 0.3) is 0 Å². The number of ether oxygens (including phenoxy) is 2. The summed E-state index contributed by atoms with van der Waals surface area (Å²) in [6, 6.07) is 14.7. The molecule has 1 fully saturated rings. The maximum Gasteiger partial charge on any atom is 0.243 e. The lowest BCUT2D eigenvalue weighted by molar-refractivity contribution is 0.0920. The average Bonchev–Trinajstić information content (AvgIpc) is 3.47. The number of imidazole rings is 1. The Labute approximate surface area is 189 Å². The monoisotopic (exact) mass is 455 g/mol. The van der Waals surface area contributed by atoms with Gasteiger partial charge in [-0.15, -0.1) is 0 Å². The fourth-order valence-electron chi connectivity index (χ4n) is 3.92. The largest absolute Gasteiger partial charge is 0.497 e. The van der Waals surface area contributed by atoms with E-state index in [0.29, 0.717) is 31.3 Å². The SMILES string of the molecule is COc1ccc(S(=O)(=O)N(Cc2nccn2Cc2ccccc2C)CC2CCCO2)cc1. The van der Waals surface area contributed by atoms with E-state index in [0.717, 1.165) is 12.8 Å². The van der Waals surface area contributed by atoms with Crippen LogP contribution in [0.3, 0.4) is 0 Å². The van der Waals surface area contributed by atoms with Crippen LogP contribution < -0.4 is 4.74 Å². The Morgan fingerprint density at radius 2 is 1.97 bits per heavy atom. The molecule has 1 unspecified atom stereocenters. The van der Waals surface area contributed by atoms with Crippen molar-refractivity contribution >= 4 is 10.0 Å². The molecule has 0 N–H and O–H groups in total. The Kier molecular flexibility index (Phi) is 6.93. The standard InChI is InChI=1S/C24H29N3O4S/c1-19-6-3-4-7-20(19)16-26-14-13-25-24(26)18-27(17-22-8-5-15-31-22)32(28,29)23-11-9-21(30-2)10-12-23/h3-4,6-7,9-14,22H,5,8,15-18H2,1-2H3.